The number of rotatable bonds is 10. The Morgan fingerprint density at radius 2 is 1.63 bits per heavy atom. The molecule has 0 aliphatic heterocycles. The first kappa shape index (κ1) is 18.2. The number of ether oxygens (including phenoxy) is 1. The predicted octanol–water partition coefficient (Wildman–Crippen LogP) is 5.27. The Kier molecular flexibility index (Phi) is 10.6. The Bertz CT molecular complexity index is 248. The van der Waals surface area contributed by atoms with Gasteiger partial charge in [0.1, 0.15) is 6.61 Å². The molecule has 0 aliphatic rings. The van der Waals surface area contributed by atoms with Crippen LogP contribution in [0.15, 0.2) is 12.2 Å². The van der Waals surface area contributed by atoms with Crippen molar-refractivity contribution in [3.05, 3.63) is 12.2 Å². The molecule has 0 spiro atoms. The van der Waals surface area contributed by atoms with Gasteiger partial charge in [-0.15, -0.1) is 0 Å². The van der Waals surface area contributed by atoms with Gasteiger partial charge in [-0.2, -0.15) is 0 Å². The third-order valence-corrected chi connectivity index (χ3v) is 2.97. The van der Waals surface area contributed by atoms with Crippen LogP contribution >= 0.6 is 0 Å². The van der Waals surface area contributed by atoms with Crippen LogP contribution in [0.4, 0.5) is 0 Å². The molecule has 0 atom stereocenters. The van der Waals surface area contributed by atoms with E-state index in [0.29, 0.717) is 18.4 Å². The SMILES string of the molecule is CCCCCCCCC(=O)OC/C=C\CC(C)(C)C. The van der Waals surface area contributed by atoms with Gasteiger partial charge in [0.15, 0.2) is 0 Å². The van der Waals surface area contributed by atoms with Crippen LogP contribution in [0, 0.1) is 5.41 Å². The molecule has 0 saturated heterocycles. The number of carbonyl (C=O) groups excluding carboxylic acids is 1. The normalized spacial score (nSPS) is 12.0. The summed E-state index contributed by atoms with van der Waals surface area (Å²) in [5.41, 5.74) is 0.305. The van der Waals surface area contributed by atoms with Crippen LogP contribution in [0.5, 0.6) is 0 Å². The fourth-order valence-electron chi connectivity index (χ4n) is 1.77. The molecule has 2 nitrogen and oxygen atoms in total. The van der Waals surface area contributed by atoms with Crippen LogP contribution in [-0.4, -0.2) is 12.6 Å². The van der Waals surface area contributed by atoms with E-state index in [4.69, 9.17) is 4.74 Å². The van der Waals surface area contributed by atoms with Crippen LogP contribution in [0.2, 0.25) is 0 Å². The van der Waals surface area contributed by atoms with Gasteiger partial charge in [-0.1, -0.05) is 72.0 Å². The molecule has 0 aromatic carbocycles. The Morgan fingerprint density at radius 1 is 1.00 bits per heavy atom. The first-order valence-electron chi connectivity index (χ1n) is 7.76. The zero-order valence-electron chi connectivity index (χ0n) is 13.3. The number of hydrogen-bond acceptors (Lipinski definition) is 2. The lowest BCUT2D eigenvalue weighted by atomic mass is 9.92. The molecule has 0 saturated carbocycles. The average molecular weight is 268 g/mol. The van der Waals surface area contributed by atoms with E-state index in [1.807, 2.05) is 6.08 Å². The van der Waals surface area contributed by atoms with Crippen molar-refractivity contribution < 1.29 is 9.53 Å². The third-order valence-electron chi connectivity index (χ3n) is 2.97. The second-order valence-corrected chi connectivity index (χ2v) is 6.44. The lowest BCUT2D eigenvalue weighted by molar-refractivity contribution is -0.142. The van der Waals surface area contributed by atoms with E-state index in [1.165, 1.54) is 25.7 Å². The van der Waals surface area contributed by atoms with Crippen LogP contribution in [0.25, 0.3) is 0 Å². The second kappa shape index (κ2) is 11.1. The molecule has 0 rings (SSSR count). The zero-order chi connectivity index (χ0) is 14.6. The van der Waals surface area contributed by atoms with Crippen molar-refractivity contribution in [3.8, 4) is 0 Å². The number of esters is 1. The molecule has 0 aromatic heterocycles. The van der Waals surface area contributed by atoms with Gasteiger partial charge in [0, 0.05) is 6.42 Å². The first-order valence-corrected chi connectivity index (χ1v) is 7.76. The summed E-state index contributed by atoms with van der Waals surface area (Å²) >= 11 is 0. The molecular weight excluding hydrogens is 236 g/mol. The van der Waals surface area contributed by atoms with E-state index in [9.17, 15) is 4.79 Å². The molecular formula is C17H32O2. The molecule has 0 fully saturated rings. The largest absolute Gasteiger partial charge is 0.461 e. The predicted molar refractivity (Wildman–Crippen MR) is 82.2 cm³/mol. The van der Waals surface area contributed by atoms with Gasteiger partial charge in [0.25, 0.3) is 0 Å². The minimum atomic E-state index is -0.0594. The van der Waals surface area contributed by atoms with Gasteiger partial charge >= 0.3 is 5.97 Å². The highest BCUT2D eigenvalue weighted by molar-refractivity contribution is 5.69. The molecule has 0 unspecified atom stereocenters. The van der Waals surface area contributed by atoms with Gasteiger partial charge in [0.05, 0.1) is 0 Å². The molecule has 0 N–H and O–H groups in total. The minimum Gasteiger partial charge on any atom is -0.461 e. The van der Waals surface area contributed by atoms with Crippen molar-refractivity contribution in [2.24, 2.45) is 5.41 Å². The second-order valence-electron chi connectivity index (χ2n) is 6.44. The molecule has 0 heterocycles. The summed E-state index contributed by atoms with van der Waals surface area (Å²) < 4.78 is 5.16. The fourth-order valence-corrected chi connectivity index (χ4v) is 1.77. The summed E-state index contributed by atoms with van der Waals surface area (Å²) in [5.74, 6) is -0.0594. The van der Waals surface area contributed by atoms with Crippen LogP contribution in [0.1, 0.15) is 79.1 Å². The Labute approximate surface area is 119 Å². The van der Waals surface area contributed by atoms with Gasteiger partial charge in [-0.05, 0) is 18.3 Å². The quantitative estimate of drug-likeness (QED) is 0.306. The molecule has 0 aliphatic carbocycles. The van der Waals surface area contributed by atoms with E-state index in [-0.39, 0.29) is 5.97 Å². The van der Waals surface area contributed by atoms with Gasteiger partial charge in [0.2, 0.25) is 0 Å². The zero-order valence-corrected chi connectivity index (χ0v) is 13.3. The van der Waals surface area contributed by atoms with Gasteiger partial charge in [-0.25, -0.2) is 0 Å². The van der Waals surface area contributed by atoms with E-state index in [2.05, 4.69) is 33.8 Å². The number of hydrogen-bond donors (Lipinski definition) is 0. The maximum Gasteiger partial charge on any atom is 0.306 e. The van der Waals surface area contributed by atoms with Gasteiger partial charge in [-0.3, -0.25) is 4.79 Å². The van der Waals surface area contributed by atoms with Crippen LogP contribution < -0.4 is 0 Å². The monoisotopic (exact) mass is 268 g/mol. The molecule has 0 bridgehead atoms. The third kappa shape index (κ3) is 15.2. The van der Waals surface area contributed by atoms with Crippen molar-refractivity contribution in [2.75, 3.05) is 6.61 Å². The minimum absolute atomic E-state index is 0.0594. The van der Waals surface area contributed by atoms with E-state index in [1.54, 1.807) is 0 Å². The molecule has 0 radical (unpaired) electrons. The lowest BCUT2D eigenvalue weighted by Crippen LogP contribution is -2.05. The standard InChI is InChI=1S/C17H32O2/c1-5-6-7-8-9-10-13-16(18)19-15-12-11-14-17(2,3)4/h11-12H,5-10,13-15H2,1-4H3/b12-11-. The Morgan fingerprint density at radius 3 is 2.26 bits per heavy atom. The van der Waals surface area contributed by atoms with Crippen molar-refractivity contribution in [2.45, 2.75) is 79.1 Å². The highest BCUT2D eigenvalue weighted by atomic mass is 16.5. The average Bonchev–Trinajstić information content (AvgIpc) is 2.31. The highest BCUT2D eigenvalue weighted by Gasteiger charge is 2.06. The van der Waals surface area contributed by atoms with Gasteiger partial charge < -0.3 is 4.74 Å². The number of allylic oxidation sites excluding steroid dienone is 1. The van der Waals surface area contributed by atoms with E-state index in [0.717, 1.165) is 19.3 Å². The fraction of sp³-hybridized carbons (Fsp3) is 0.824. The summed E-state index contributed by atoms with van der Waals surface area (Å²) in [6, 6.07) is 0. The smallest absolute Gasteiger partial charge is 0.306 e. The summed E-state index contributed by atoms with van der Waals surface area (Å²) in [7, 11) is 0. The molecule has 2 heteroatoms. The summed E-state index contributed by atoms with van der Waals surface area (Å²) in [4.78, 5) is 11.4. The molecule has 19 heavy (non-hydrogen) atoms. The van der Waals surface area contributed by atoms with Crippen molar-refractivity contribution in [3.63, 3.8) is 0 Å². The maximum atomic E-state index is 11.4. The first-order chi connectivity index (χ1) is 8.95. The summed E-state index contributed by atoms with van der Waals surface area (Å²) in [5, 5.41) is 0. The van der Waals surface area contributed by atoms with Crippen molar-refractivity contribution in [1.29, 1.82) is 0 Å². The maximum absolute atomic E-state index is 11.4. The molecule has 112 valence electrons. The van der Waals surface area contributed by atoms with Crippen LogP contribution in [0.3, 0.4) is 0 Å². The summed E-state index contributed by atoms with van der Waals surface area (Å²) in [6.07, 6.45) is 12.9. The number of carbonyl (C=O) groups is 1. The van der Waals surface area contributed by atoms with Crippen molar-refractivity contribution >= 4 is 5.97 Å². The van der Waals surface area contributed by atoms with Crippen LogP contribution in [-0.2, 0) is 9.53 Å². The Hall–Kier alpha value is -0.790. The summed E-state index contributed by atoms with van der Waals surface area (Å²) in [6.45, 7) is 9.22. The Balaban J connectivity index is 3.40. The number of unbranched alkanes of at least 4 members (excludes halogenated alkanes) is 5. The van der Waals surface area contributed by atoms with Crippen molar-refractivity contribution in [1.82, 2.24) is 0 Å². The molecule has 0 aromatic rings. The highest BCUT2D eigenvalue weighted by Crippen LogP contribution is 2.18. The topological polar surface area (TPSA) is 26.3 Å². The lowest BCUT2D eigenvalue weighted by Gasteiger charge is -2.14. The van der Waals surface area contributed by atoms with E-state index >= 15 is 0 Å². The van der Waals surface area contributed by atoms with E-state index < -0.39 is 0 Å². The molecule has 0 amide bonds.